The number of rotatable bonds is 4. The molecule has 0 saturated carbocycles. The molecule has 1 N–H and O–H groups in total. The summed E-state index contributed by atoms with van der Waals surface area (Å²) in [5.74, 6) is 0.510. The molecule has 2 aliphatic heterocycles. The molecule has 40 heavy (non-hydrogen) atoms. The van der Waals surface area contributed by atoms with E-state index in [-0.39, 0.29) is 29.4 Å². The summed E-state index contributed by atoms with van der Waals surface area (Å²) in [6, 6.07) is 24.9. The highest BCUT2D eigenvalue weighted by Crippen LogP contribution is 2.46. The number of fused-ring (bicyclic) bond motifs is 6. The third-order valence-electron chi connectivity index (χ3n) is 8.08. The quantitative estimate of drug-likeness (QED) is 0.219. The van der Waals surface area contributed by atoms with Crippen LogP contribution < -0.4 is 9.80 Å². The normalized spacial score (nSPS) is 17.9. The van der Waals surface area contributed by atoms with Crippen LogP contribution in [-0.4, -0.2) is 41.8 Å². The molecular weight excluding hydrogens is 563 g/mol. The molecule has 2 aliphatic rings. The van der Waals surface area contributed by atoms with Gasteiger partial charge in [-0.15, -0.1) is 34.5 Å². The van der Waals surface area contributed by atoms with Crippen LogP contribution in [0.15, 0.2) is 78.9 Å². The summed E-state index contributed by atoms with van der Waals surface area (Å²) in [6.07, 6.45) is 0. The Morgan fingerprint density at radius 1 is 0.725 bits per heavy atom. The van der Waals surface area contributed by atoms with Gasteiger partial charge in [0.1, 0.15) is 5.75 Å². The van der Waals surface area contributed by atoms with E-state index in [1.165, 1.54) is 11.3 Å². The van der Waals surface area contributed by atoms with E-state index in [2.05, 4.69) is 12.1 Å². The van der Waals surface area contributed by atoms with E-state index in [1.807, 2.05) is 48.5 Å². The molecule has 5 nitrogen and oxygen atoms in total. The largest absolute Gasteiger partial charge is 0.507 e. The topological polar surface area (TPSA) is 60.9 Å². The number of thiophene rings is 1. The highest BCUT2D eigenvalue weighted by Gasteiger charge is 2.37. The zero-order valence-electron chi connectivity index (χ0n) is 21.3. The number of phenolic OH excluding ortho intramolecular Hbond substituents is 1. The summed E-state index contributed by atoms with van der Waals surface area (Å²) in [7, 11) is 0. The summed E-state index contributed by atoms with van der Waals surface area (Å²) >= 11 is 13.9. The maximum atomic E-state index is 13.8. The third-order valence-corrected chi connectivity index (χ3v) is 9.89. The Morgan fingerprint density at radius 2 is 1.27 bits per heavy atom. The molecule has 8 heteroatoms. The molecular formula is C32H24Cl2N2O3S. The molecule has 0 spiro atoms. The van der Waals surface area contributed by atoms with Gasteiger partial charge in [-0.1, -0.05) is 54.6 Å². The van der Waals surface area contributed by atoms with Crippen LogP contribution in [0.2, 0.25) is 0 Å². The molecule has 5 aromatic rings. The van der Waals surface area contributed by atoms with E-state index >= 15 is 0 Å². The number of anilines is 2. The summed E-state index contributed by atoms with van der Waals surface area (Å²) in [4.78, 5) is 32.0. The predicted molar refractivity (Wildman–Crippen MR) is 164 cm³/mol. The minimum Gasteiger partial charge on any atom is -0.507 e. The van der Waals surface area contributed by atoms with Crippen molar-refractivity contribution in [1.29, 1.82) is 0 Å². The Hall–Kier alpha value is -3.58. The first-order valence-corrected chi connectivity index (χ1v) is 15.0. The second-order valence-electron chi connectivity index (χ2n) is 10.3. The van der Waals surface area contributed by atoms with Gasteiger partial charge in [-0.3, -0.25) is 9.59 Å². The Labute approximate surface area is 245 Å². The molecule has 0 bridgehead atoms. The zero-order valence-corrected chi connectivity index (χ0v) is 23.6. The molecule has 2 atom stereocenters. The maximum absolute atomic E-state index is 13.8. The summed E-state index contributed by atoms with van der Waals surface area (Å²) in [6.45, 7) is 0.909. The molecule has 7 rings (SSSR count). The van der Waals surface area contributed by atoms with Crippen molar-refractivity contribution in [3.05, 3.63) is 99.7 Å². The molecule has 4 aromatic carbocycles. The van der Waals surface area contributed by atoms with Crippen molar-refractivity contribution >= 4 is 79.3 Å². The molecule has 1 aromatic heterocycles. The van der Waals surface area contributed by atoms with Gasteiger partial charge >= 0.3 is 0 Å². The van der Waals surface area contributed by atoms with Crippen molar-refractivity contribution in [2.75, 3.05) is 34.6 Å². The average Bonchev–Trinajstić information content (AvgIpc) is 3.72. The number of benzene rings is 4. The molecule has 200 valence electrons. The van der Waals surface area contributed by atoms with Crippen molar-refractivity contribution in [2.24, 2.45) is 0 Å². The summed E-state index contributed by atoms with van der Waals surface area (Å²) in [5.41, 5.74) is 3.61. The van der Waals surface area contributed by atoms with Crippen molar-refractivity contribution in [3.63, 3.8) is 0 Å². The minimum absolute atomic E-state index is 0.0314. The van der Waals surface area contributed by atoms with Gasteiger partial charge in [0.15, 0.2) is 0 Å². The van der Waals surface area contributed by atoms with E-state index in [1.54, 1.807) is 28.0 Å². The Kier molecular flexibility index (Phi) is 6.22. The van der Waals surface area contributed by atoms with Gasteiger partial charge < -0.3 is 14.9 Å². The number of aromatic hydroxyl groups is 1. The van der Waals surface area contributed by atoms with Crippen LogP contribution >= 0.6 is 34.5 Å². The van der Waals surface area contributed by atoms with E-state index in [9.17, 15) is 14.7 Å². The first-order valence-electron chi connectivity index (χ1n) is 13.1. The number of nitrogens with zero attached hydrogens (tertiary/aromatic N) is 2. The van der Waals surface area contributed by atoms with Gasteiger partial charge in [0.05, 0.1) is 15.4 Å². The van der Waals surface area contributed by atoms with Crippen molar-refractivity contribution < 1.29 is 14.7 Å². The van der Waals surface area contributed by atoms with Crippen molar-refractivity contribution in [2.45, 2.75) is 11.8 Å². The molecule has 0 aliphatic carbocycles. The van der Waals surface area contributed by atoms with E-state index in [0.29, 0.717) is 40.3 Å². The third kappa shape index (κ3) is 3.81. The number of hydrogen-bond acceptors (Lipinski definition) is 4. The first kappa shape index (κ1) is 25.4. The van der Waals surface area contributed by atoms with E-state index < -0.39 is 0 Å². The molecule has 2 amide bonds. The fourth-order valence-corrected chi connectivity index (χ4v) is 7.66. The fourth-order valence-electron chi connectivity index (χ4n) is 6.26. The highest BCUT2D eigenvalue weighted by atomic mass is 35.5. The van der Waals surface area contributed by atoms with Crippen LogP contribution in [0.1, 0.15) is 42.3 Å². The van der Waals surface area contributed by atoms with Crippen molar-refractivity contribution in [1.82, 2.24) is 0 Å². The fraction of sp³-hybridized carbons (Fsp3) is 0.188. The highest BCUT2D eigenvalue weighted by molar-refractivity contribution is 7.16. The Morgan fingerprint density at radius 3 is 1.93 bits per heavy atom. The molecule has 3 heterocycles. The Balaban J connectivity index is 1.22. The Bertz CT molecular complexity index is 1830. The van der Waals surface area contributed by atoms with Crippen LogP contribution in [0.5, 0.6) is 5.75 Å². The smallest absolute Gasteiger partial charge is 0.268 e. The lowest BCUT2D eigenvalue weighted by Gasteiger charge is -2.18. The monoisotopic (exact) mass is 586 g/mol. The summed E-state index contributed by atoms with van der Waals surface area (Å²) in [5, 5.41) is 14.6. The van der Waals surface area contributed by atoms with Gasteiger partial charge in [-0.05, 0) is 45.5 Å². The van der Waals surface area contributed by atoms with Gasteiger partial charge in [-0.25, -0.2) is 0 Å². The standard InChI is InChI=1S/C32H24Cl2N2O3S/c33-14-19-16-35(24-10-9-18-5-1-2-6-21(18)29(19)24)31(38)27-11-12-28(40-27)32(39)36-17-20(15-34)30-23-8-4-3-7-22(23)26(37)13-25(30)36/h1-13,19-20,37H,14-17H2/t19-,20-/m1/s1. The number of carbonyl (C=O) groups excluding carboxylic acids is 2. The lowest BCUT2D eigenvalue weighted by atomic mass is 9.95. The van der Waals surface area contributed by atoms with Gasteiger partial charge in [0.25, 0.3) is 11.8 Å². The molecule has 0 unspecified atom stereocenters. The SMILES string of the molecule is O=C(c1ccc(C(=O)N2C[C@@H](CCl)c3c2cc(O)c2ccccc32)s1)N1C[C@@H](CCl)c2c1ccc1ccccc21. The minimum atomic E-state index is -0.209. The van der Waals surface area contributed by atoms with Gasteiger partial charge in [0.2, 0.25) is 0 Å². The van der Waals surface area contributed by atoms with Gasteiger partial charge in [-0.2, -0.15) is 0 Å². The second-order valence-corrected chi connectivity index (χ2v) is 12.0. The number of hydrogen-bond donors (Lipinski definition) is 1. The van der Waals surface area contributed by atoms with E-state index in [0.717, 1.165) is 38.4 Å². The lowest BCUT2D eigenvalue weighted by molar-refractivity contribution is 0.0986. The van der Waals surface area contributed by atoms with E-state index in [4.69, 9.17) is 23.2 Å². The van der Waals surface area contributed by atoms with Crippen molar-refractivity contribution in [3.8, 4) is 5.75 Å². The summed E-state index contributed by atoms with van der Waals surface area (Å²) < 4.78 is 0. The van der Waals surface area contributed by atoms with Crippen LogP contribution in [0.4, 0.5) is 11.4 Å². The van der Waals surface area contributed by atoms with Crippen LogP contribution in [0.3, 0.4) is 0 Å². The van der Waals surface area contributed by atoms with Crippen LogP contribution in [-0.2, 0) is 0 Å². The number of phenols is 1. The number of carbonyl (C=O) groups is 2. The number of alkyl halides is 2. The molecule has 0 saturated heterocycles. The van der Waals surface area contributed by atoms with Crippen LogP contribution in [0.25, 0.3) is 21.5 Å². The van der Waals surface area contributed by atoms with Crippen LogP contribution in [0, 0.1) is 0 Å². The number of amides is 2. The van der Waals surface area contributed by atoms with Gasteiger partial charge in [0, 0.05) is 53.8 Å². The second kappa shape index (κ2) is 9.81. The predicted octanol–water partition coefficient (Wildman–Crippen LogP) is 7.73. The lowest BCUT2D eigenvalue weighted by Crippen LogP contribution is -2.30. The molecule has 0 fully saturated rings. The zero-order chi connectivity index (χ0) is 27.5. The number of halogens is 2. The molecule has 0 radical (unpaired) electrons. The first-order chi connectivity index (χ1) is 19.5. The maximum Gasteiger partial charge on any atom is 0.268 e. The average molecular weight is 588 g/mol.